The number of hydrogen-bond donors (Lipinski definition) is 2. The monoisotopic (exact) mass is 502 g/mol. The first-order chi connectivity index (χ1) is 16.9. The van der Waals surface area contributed by atoms with Gasteiger partial charge in [0.25, 0.3) is 0 Å². The maximum absolute atomic E-state index is 15.0. The van der Waals surface area contributed by atoms with E-state index in [4.69, 9.17) is 4.74 Å². The lowest BCUT2D eigenvalue weighted by atomic mass is 9.99. The van der Waals surface area contributed by atoms with E-state index in [9.17, 15) is 23.9 Å². The first kappa shape index (κ1) is 23.3. The van der Waals surface area contributed by atoms with Crippen LogP contribution in [0.3, 0.4) is 0 Å². The molecule has 2 saturated heterocycles. The minimum Gasteiger partial charge on any atom is -0.477 e. The van der Waals surface area contributed by atoms with E-state index in [0.717, 1.165) is 31.9 Å². The average Bonchev–Trinajstić information content (AvgIpc) is 3.34. The largest absolute Gasteiger partial charge is 0.477 e. The van der Waals surface area contributed by atoms with Crippen molar-refractivity contribution >= 4 is 40.1 Å². The molecule has 0 saturated carbocycles. The first-order valence-electron chi connectivity index (χ1n) is 11.1. The van der Waals surface area contributed by atoms with Crippen LogP contribution in [0.25, 0.3) is 16.2 Å². The molecule has 3 aromatic rings. The molecule has 0 bridgehead atoms. The molecule has 0 radical (unpaired) electrons. The van der Waals surface area contributed by atoms with E-state index in [1.165, 1.54) is 22.1 Å². The summed E-state index contributed by atoms with van der Waals surface area (Å²) in [5, 5.41) is 14.3. The van der Waals surface area contributed by atoms with E-state index >= 15 is 0 Å². The van der Waals surface area contributed by atoms with Gasteiger partial charge in [0, 0.05) is 57.0 Å². The molecule has 5 heterocycles. The number of carboxylic acids is 1. The molecule has 2 aliphatic rings. The van der Waals surface area contributed by atoms with Crippen molar-refractivity contribution in [1.82, 2.24) is 24.8 Å². The number of morpholine rings is 1. The highest BCUT2D eigenvalue weighted by Crippen LogP contribution is 2.29. The number of carbonyl (C=O) groups excluding carboxylic acids is 1. The highest BCUT2D eigenvalue weighted by Gasteiger charge is 2.35. The number of aromatic nitrogens is 3. The van der Waals surface area contributed by atoms with Crippen molar-refractivity contribution in [2.45, 2.75) is 0 Å². The minimum atomic E-state index is -1.42. The summed E-state index contributed by atoms with van der Waals surface area (Å²) in [4.78, 5) is 49.1. The fraction of sp³-hybridized carbons (Fsp3) is 0.409. The Hall–Kier alpha value is -3.42. The van der Waals surface area contributed by atoms with Crippen molar-refractivity contribution in [3.05, 3.63) is 45.4 Å². The predicted octanol–water partition coefficient (Wildman–Crippen LogP) is 0.564. The molecular weight excluding hydrogens is 479 g/mol. The SMILES string of the molecule is O=C(O)c1cn(-c2nccs2)c2nc(N3CC(C(=O)NCCN4CCOCC4)C3)c(F)cc2c1=O. The third kappa shape index (κ3) is 4.61. The Morgan fingerprint density at radius 2 is 2.06 bits per heavy atom. The van der Waals surface area contributed by atoms with Crippen LogP contribution in [0.4, 0.5) is 10.2 Å². The number of thiazole rings is 1. The van der Waals surface area contributed by atoms with Crippen LogP contribution < -0.4 is 15.6 Å². The van der Waals surface area contributed by atoms with Crippen LogP contribution in [0.2, 0.25) is 0 Å². The number of carbonyl (C=O) groups is 2. The molecule has 184 valence electrons. The summed E-state index contributed by atoms with van der Waals surface area (Å²) in [5.41, 5.74) is -1.22. The highest BCUT2D eigenvalue weighted by molar-refractivity contribution is 7.12. The van der Waals surface area contributed by atoms with Crippen LogP contribution in [0.15, 0.2) is 28.6 Å². The first-order valence-corrected chi connectivity index (χ1v) is 12.0. The second-order valence-corrected chi connectivity index (χ2v) is 9.25. The minimum absolute atomic E-state index is 0.00245. The van der Waals surface area contributed by atoms with Gasteiger partial charge in [0.1, 0.15) is 5.56 Å². The van der Waals surface area contributed by atoms with E-state index < -0.39 is 22.8 Å². The fourth-order valence-corrected chi connectivity index (χ4v) is 4.81. The molecule has 0 spiro atoms. The zero-order chi connectivity index (χ0) is 24.5. The number of hydrogen-bond acceptors (Lipinski definition) is 9. The summed E-state index contributed by atoms with van der Waals surface area (Å²) in [5.74, 6) is -2.57. The van der Waals surface area contributed by atoms with Gasteiger partial charge in [0.05, 0.1) is 24.5 Å². The fourth-order valence-electron chi connectivity index (χ4n) is 4.19. The van der Waals surface area contributed by atoms with E-state index in [1.54, 1.807) is 10.3 Å². The lowest BCUT2D eigenvalue weighted by Crippen LogP contribution is -2.55. The summed E-state index contributed by atoms with van der Waals surface area (Å²) in [6.45, 7) is 4.94. The second-order valence-electron chi connectivity index (χ2n) is 8.37. The van der Waals surface area contributed by atoms with Crippen LogP contribution in [0.5, 0.6) is 0 Å². The summed E-state index contributed by atoms with van der Waals surface area (Å²) in [6.07, 6.45) is 2.69. The van der Waals surface area contributed by atoms with Crippen molar-refractivity contribution in [1.29, 1.82) is 0 Å². The van der Waals surface area contributed by atoms with Gasteiger partial charge in [0.2, 0.25) is 11.3 Å². The van der Waals surface area contributed by atoms with Crippen LogP contribution >= 0.6 is 11.3 Å². The summed E-state index contributed by atoms with van der Waals surface area (Å²) < 4.78 is 21.7. The number of rotatable bonds is 7. The number of aromatic carboxylic acids is 1. The maximum Gasteiger partial charge on any atom is 0.341 e. The number of ether oxygens (including phenoxy) is 1. The van der Waals surface area contributed by atoms with Gasteiger partial charge in [0.15, 0.2) is 22.4 Å². The molecule has 0 aliphatic carbocycles. The normalized spacial score (nSPS) is 16.9. The Kier molecular flexibility index (Phi) is 6.45. The highest BCUT2D eigenvalue weighted by atomic mass is 32.1. The van der Waals surface area contributed by atoms with Gasteiger partial charge < -0.3 is 20.1 Å². The topological polar surface area (TPSA) is 130 Å². The number of carboxylic acid groups (broad SMARTS) is 1. The van der Waals surface area contributed by atoms with Crippen LogP contribution in [-0.4, -0.2) is 88.9 Å². The van der Waals surface area contributed by atoms with Crippen molar-refractivity contribution in [3.63, 3.8) is 0 Å². The van der Waals surface area contributed by atoms with Gasteiger partial charge in [-0.1, -0.05) is 0 Å². The lowest BCUT2D eigenvalue weighted by molar-refractivity contribution is -0.125. The van der Waals surface area contributed by atoms with Crippen molar-refractivity contribution in [2.75, 3.05) is 57.4 Å². The number of halogens is 1. The summed E-state index contributed by atoms with van der Waals surface area (Å²) in [7, 11) is 0. The lowest BCUT2D eigenvalue weighted by Gasteiger charge is -2.39. The van der Waals surface area contributed by atoms with E-state index in [1.807, 2.05) is 0 Å². The quantitative estimate of drug-likeness (QED) is 0.476. The Morgan fingerprint density at radius 3 is 2.74 bits per heavy atom. The molecule has 3 aromatic heterocycles. The Bertz CT molecular complexity index is 1320. The molecule has 11 nitrogen and oxygen atoms in total. The van der Waals surface area contributed by atoms with Gasteiger partial charge in [-0.3, -0.25) is 19.1 Å². The van der Waals surface area contributed by atoms with Crippen LogP contribution in [0.1, 0.15) is 10.4 Å². The molecule has 1 amide bonds. The summed E-state index contributed by atoms with van der Waals surface area (Å²) >= 11 is 1.22. The smallest absolute Gasteiger partial charge is 0.341 e. The Balaban J connectivity index is 1.33. The maximum atomic E-state index is 15.0. The average molecular weight is 503 g/mol. The number of anilines is 1. The number of pyridine rings is 2. The van der Waals surface area contributed by atoms with Crippen LogP contribution in [-0.2, 0) is 9.53 Å². The zero-order valence-corrected chi connectivity index (χ0v) is 19.5. The van der Waals surface area contributed by atoms with E-state index in [0.29, 0.717) is 24.9 Å². The summed E-state index contributed by atoms with van der Waals surface area (Å²) in [6, 6.07) is 1.01. The van der Waals surface area contributed by atoms with Crippen molar-refractivity contribution in [3.8, 4) is 5.13 Å². The van der Waals surface area contributed by atoms with Gasteiger partial charge in [-0.25, -0.2) is 19.2 Å². The standard InChI is InChI=1S/C22H23FN6O5S/c23-16-9-14-17(30)15(21(32)33)12-29(22-25-2-8-35-22)18(14)26-19(16)28-10-13(11-28)20(31)24-1-3-27-4-6-34-7-5-27/h2,8-9,12-13H,1,3-7,10-11H2,(H,24,31)(H,32,33). The molecular formula is C22H23FN6O5S. The molecule has 35 heavy (non-hydrogen) atoms. The third-order valence-corrected chi connectivity index (χ3v) is 6.92. The molecule has 2 N–H and O–H groups in total. The molecule has 2 aliphatic heterocycles. The van der Waals surface area contributed by atoms with E-state index in [2.05, 4.69) is 20.2 Å². The molecule has 0 atom stereocenters. The number of nitrogens with one attached hydrogen (secondary N) is 1. The van der Waals surface area contributed by atoms with Crippen LogP contribution in [0, 0.1) is 11.7 Å². The molecule has 0 unspecified atom stereocenters. The molecule has 0 aromatic carbocycles. The molecule has 13 heteroatoms. The van der Waals surface area contributed by atoms with Gasteiger partial charge in [-0.15, -0.1) is 11.3 Å². The second kappa shape index (κ2) is 9.68. The Labute approximate surface area is 202 Å². The van der Waals surface area contributed by atoms with E-state index in [-0.39, 0.29) is 41.8 Å². The predicted molar refractivity (Wildman–Crippen MR) is 126 cm³/mol. The zero-order valence-electron chi connectivity index (χ0n) is 18.6. The van der Waals surface area contributed by atoms with Gasteiger partial charge in [-0.2, -0.15) is 0 Å². The van der Waals surface area contributed by atoms with Gasteiger partial charge in [-0.05, 0) is 6.07 Å². The number of amides is 1. The van der Waals surface area contributed by atoms with Crippen molar-refractivity contribution < 1.29 is 23.8 Å². The molecule has 5 rings (SSSR count). The third-order valence-electron chi connectivity index (χ3n) is 6.15. The van der Waals surface area contributed by atoms with Crippen molar-refractivity contribution in [2.24, 2.45) is 5.92 Å². The van der Waals surface area contributed by atoms with Gasteiger partial charge >= 0.3 is 5.97 Å². The number of nitrogens with zero attached hydrogens (tertiary/aromatic N) is 5. The Morgan fingerprint density at radius 1 is 1.29 bits per heavy atom. The number of fused-ring (bicyclic) bond motifs is 1. The molecule has 2 fully saturated rings.